The van der Waals surface area contributed by atoms with Crippen molar-refractivity contribution in [1.82, 2.24) is 15.1 Å². The first-order valence-electron chi connectivity index (χ1n) is 10.2. The number of halogens is 2. The number of nitrogens with zero attached hydrogens (tertiary/aromatic N) is 2. The first-order chi connectivity index (χ1) is 15.6. The number of aromatic nitrogens is 2. The van der Waals surface area contributed by atoms with E-state index in [2.05, 4.69) is 5.32 Å². The van der Waals surface area contributed by atoms with Crippen molar-refractivity contribution in [1.29, 1.82) is 0 Å². The number of ether oxygens (including phenoxy) is 1. The molecule has 0 radical (unpaired) electrons. The lowest BCUT2D eigenvalue weighted by atomic mass is 10.1. The second kappa shape index (κ2) is 9.90. The predicted molar refractivity (Wildman–Crippen MR) is 128 cm³/mol. The fourth-order valence-corrected chi connectivity index (χ4v) is 3.94. The van der Waals surface area contributed by atoms with Crippen LogP contribution in [0.15, 0.2) is 79.0 Å². The largest absolute Gasteiger partial charge is 0.491 e. The Morgan fingerprint density at radius 3 is 2.25 bits per heavy atom. The van der Waals surface area contributed by atoms with Crippen molar-refractivity contribution in [3.63, 3.8) is 0 Å². The van der Waals surface area contributed by atoms with Crippen molar-refractivity contribution < 1.29 is 9.53 Å². The van der Waals surface area contributed by atoms with E-state index < -0.39 is 0 Å². The molecule has 0 aliphatic rings. The lowest BCUT2D eigenvalue weighted by Gasteiger charge is -2.11. The van der Waals surface area contributed by atoms with Crippen LogP contribution in [0.3, 0.4) is 0 Å². The third-order valence-electron chi connectivity index (χ3n) is 4.85. The van der Waals surface area contributed by atoms with Crippen molar-refractivity contribution in [2.75, 3.05) is 6.61 Å². The molecule has 32 heavy (non-hydrogen) atoms. The third-order valence-corrected chi connectivity index (χ3v) is 5.41. The van der Waals surface area contributed by atoms with Gasteiger partial charge < -0.3 is 10.1 Å². The van der Waals surface area contributed by atoms with E-state index in [-0.39, 0.29) is 5.91 Å². The molecule has 0 aliphatic heterocycles. The zero-order chi connectivity index (χ0) is 22.5. The first-order valence-corrected chi connectivity index (χ1v) is 10.9. The molecule has 1 amide bonds. The average molecular weight is 466 g/mol. The minimum absolute atomic E-state index is 0.289. The molecule has 1 N–H and O–H groups in total. The summed E-state index contributed by atoms with van der Waals surface area (Å²) >= 11 is 12.5. The molecule has 162 valence electrons. The van der Waals surface area contributed by atoms with E-state index in [9.17, 15) is 4.79 Å². The summed E-state index contributed by atoms with van der Waals surface area (Å²) in [5.41, 5.74) is 3.96. The summed E-state index contributed by atoms with van der Waals surface area (Å²) in [5, 5.41) is 8.31. The Labute approximate surface area is 196 Å². The number of hydrogen-bond acceptors (Lipinski definition) is 3. The highest BCUT2D eigenvalue weighted by Crippen LogP contribution is 2.34. The van der Waals surface area contributed by atoms with Crippen LogP contribution in [0, 0.1) is 0 Å². The van der Waals surface area contributed by atoms with Crippen molar-refractivity contribution in [3.05, 3.63) is 100 Å². The van der Waals surface area contributed by atoms with E-state index in [0.717, 1.165) is 22.5 Å². The van der Waals surface area contributed by atoms with Crippen molar-refractivity contribution in [3.8, 4) is 22.7 Å². The van der Waals surface area contributed by atoms with Gasteiger partial charge in [-0.2, -0.15) is 5.10 Å². The van der Waals surface area contributed by atoms with E-state index in [0.29, 0.717) is 34.5 Å². The van der Waals surface area contributed by atoms with Crippen LogP contribution in [-0.2, 0) is 6.54 Å². The highest BCUT2D eigenvalue weighted by Gasteiger charge is 2.16. The van der Waals surface area contributed by atoms with E-state index in [1.807, 2.05) is 78.5 Å². The second-order valence-corrected chi connectivity index (χ2v) is 7.85. The highest BCUT2D eigenvalue weighted by atomic mass is 35.5. The minimum Gasteiger partial charge on any atom is -0.491 e. The molecule has 0 fully saturated rings. The molecule has 5 nitrogen and oxygen atoms in total. The van der Waals surface area contributed by atoms with Gasteiger partial charge >= 0.3 is 0 Å². The van der Waals surface area contributed by atoms with Crippen LogP contribution in [0.4, 0.5) is 0 Å². The molecule has 1 heterocycles. The zero-order valence-corrected chi connectivity index (χ0v) is 18.9. The highest BCUT2D eigenvalue weighted by molar-refractivity contribution is 6.37. The van der Waals surface area contributed by atoms with Crippen LogP contribution in [-0.4, -0.2) is 22.3 Å². The topological polar surface area (TPSA) is 56.1 Å². The molecule has 0 spiro atoms. The minimum atomic E-state index is -0.289. The van der Waals surface area contributed by atoms with Crippen LogP contribution >= 0.6 is 23.2 Å². The molecule has 0 unspecified atom stereocenters. The zero-order valence-electron chi connectivity index (χ0n) is 17.4. The molecular formula is C25H21Cl2N3O2. The van der Waals surface area contributed by atoms with Gasteiger partial charge in [0.15, 0.2) is 5.75 Å². The van der Waals surface area contributed by atoms with Gasteiger partial charge in [-0.25, -0.2) is 4.68 Å². The van der Waals surface area contributed by atoms with Crippen LogP contribution in [0.2, 0.25) is 10.0 Å². The van der Waals surface area contributed by atoms with Gasteiger partial charge in [-0.05, 0) is 31.2 Å². The fourth-order valence-electron chi connectivity index (χ4n) is 3.34. The molecule has 4 aromatic rings. The Morgan fingerprint density at radius 2 is 1.62 bits per heavy atom. The maximum absolute atomic E-state index is 12.8. The Balaban J connectivity index is 1.60. The molecule has 3 aromatic carbocycles. The predicted octanol–water partition coefficient (Wildman–Crippen LogP) is 6.17. The number of carbonyl (C=O) groups is 1. The number of amides is 1. The van der Waals surface area contributed by atoms with Crippen molar-refractivity contribution >= 4 is 29.1 Å². The molecule has 0 saturated heterocycles. The quantitative estimate of drug-likeness (QED) is 0.354. The van der Waals surface area contributed by atoms with Gasteiger partial charge in [0.1, 0.15) is 0 Å². The summed E-state index contributed by atoms with van der Waals surface area (Å²) in [6, 6.07) is 22.8. The first kappa shape index (κ1) is 21.9. The van der Waals surface area contributed by atoms with E-state index in [1.165, 1.54) is 0 Å². The average Bonchev–Trinajstić information content (AvgIpc) is 3.25. The van der Waals surface area contributed by atoms with Gasteiger partial charge in [-0.3, -0.25) is 4.79 Å². The summed E-state index contributed by atoms with van der Waals surface area (Å²) in [7, 11) is 0. The maximum Gasteiger partial charge on any atom is 0.251 e. The second-order valence-electron chi connectivity index (χ2n) is 7.03. The molecule has 4 rings (SSSR count). The summed E-state index contributed by atoms with van der Waals surface area (Å²) in [4.78, 5) is 12.8. The van der Waals surface area contributed by atoms with Gasteiger partial charge in [0.25, 0.3) is 5.91 Å². The molecule has 0 atom stereocenters. The number of carbonyl (C=O) groups excluding carboxylic acids is 1. The summed E-state index contributed by atoms with van der Waals surface area (Å²) < 4.78 is 7.25. The normalized spacial score (nSPS) is 10.7. The number of nitrogens with one attached hydrogen (secondary N) is 1. The fraction of sp³-hybridized carbons (Fsp3) is 0.120. The third kappa shape index (κ3) is 4.79. The van der Waals surface area contributed by atoms with Gasteiger partial charge in [0.05, 0.1) is 28.0 Å². The molecule has 1 aromatic heterocycles. The Kier molecular flexibility index (Phi) is 6.78. The lowest BCUT2D eigenvalue weighted by molar-refractivity contribution is 0.0951. The number of hydrogen-bond donors (Lipinski definition) is 1. The summed E-state index contributed by atoms with van der Waals surface area (Å²) in [6.45, 7) is 2.56. The van der Waals surface area contributed by atoms with Gasteiger partial charge in [0, 0.05) is 29.4 Å². The van der Waals surface area contributed by atoms with Crippen LogP contribution < -0.4 is 10.1 Å². The molecule has 0 bridgehead atoms. The summed E-state index contributed by atoms with van der Waals surface area (Å²) in [6.07, 6.45) is 1.93. The molecular weight excluding hydrogens is 445 g/mol. The van der Waals surface area contributed by atoms with Crippen LogP contribution in [0.25, 0.3) is 16.9 Å². The van der Waals surface area contributed by atoms with E-state index in [4.69, 9.17) is 33.0 Å². The molecule has 7 heteroatoms. The van der Waals surface area contributed by atoms with Gasteiger partial charge in [-0.1, -0.05) is 71.7 Å². The Morgan fingerprint density at radius 1 is 1.00 bits per heavy atom. The van der Waals surface area contributed by atoms with Crippen LogP contribution in [0.1, 0.15) is 22.8 Å². The SMILES string of the molecule is CCOc1c(Cl)cc(C(=O)NCc2cn(-c3ccccc3)nc2-c2ccccc2)cc1Cl. The van der Waals surface area contributed by atoms with E-state index >= 15 is 0 Å². The van der Waals surface area contributed by atoms with Crippen molar-refractivity contribution in [2.45, 2.75) is 13.5 Å². The Bertz CT molecular complexity index is 1200. The van der Waals surface area contributed by atoms with Gasteiger partial charge in [0.2, 0.25) is 0 Å². The lowest BCUT2D eigenvalue weighted by Crippen LogP contribution is -2.23. The van der Waals surface area contributed by atoms with E-state index in [1.54, 1.807) is 12.1 Å². The number of benzene rings is 3. The molecule has 0 saturated carbocycles. The van der Waals surface area contributed by atoms with Gasteiger partial charge in [-0.15, -0.1) is 0 Å². The Hall–Kier alpha value is -3.28. The van der Waals surface area contributed by atoms with Crippen molar-refractivity contribution in [2.24, 2.45) is 0 Å². The molecule has 0 aliphatic carbocycles. The number of para-hydroxylation sites is 1. The standard InChI is InChI=1S/C25H21Cl2N3O2/c1-2-32-24-21(26)13-18(14-22(24)27)25(31)28-15-19-16-30(20-11-7-4-8-12-20)29-23(19)17-9-5-3-6-10-17/h3-14,16H,2,15H2,1H3,(H,28,31). The summed E-state index contributed by atoms with van der Waals surface area (Å²) in [5.74, 6) is 0.0891. The smallest absolute Gasteiger partial charge is 0.251 e. The maximum atomic E-state index is 12.8. The van der Waals surface area contributed by atoms with Crippen LogP contribution in [0.5, 0.6) is 5.75 Å². The monoisotopic (exact) mass is 465 g/mol. The number of rotatable bonds is 7.